The van der Waals surface area contributed by atoms with Crippen molar-refractivity contribution in [2.45, 2.75) is 24.2 Å². The van der Waals surface area contributed by atoms with E-state index in [0.717, 1.165) is 17.7 Å². The van der Waals surface area contributed by atoms with E-state index in [1.807, 2.05) is 24.3 Å². The fourth-order valence-corrected chi connectivity index (χ4v) is 5.18. The molecule has 3 rings (SSSR count). The van der Waals surface area contributed by atoms with Gasteiger partial charge in [-0.2, -0.15) is 4.31 Å². The largest absolute Gasteiger partial charge is 0.496 e. The van der Waals surface area contributed by atoms with Gasteiger partial charge < -0.3 is 4.74 Å². The zero-order valence-electron chi connectivity index (χ0n) is 13.7. The Balaban J connectivity index is 1.88. The predicted molar refractivity (Wildman–Crippen MR) is 95.3 cm³/mol. The van der Waals surface area contributed by atoms with E-state index in [9.17, 15) is 8.42 Å². The minimum Gasteiger partial charge on any atom is -0.496 e. The van der Waals surface area contributed by atoms with Gasteiger partial charge in [0.05, 0.1) is 12.0 Å². The number of benzene rings is 2. The number of hydrogen-bond acceptors (Lipinski definition) is 3. The lowest BCUT2D eigenvalue weighted by Gasteiger charge is -2.19. The molecular weight excluding hydrogens is 346 g/mol. The molecule has 0 amide bonds. The van der Waals surface area contributed by atoms with Gasteiger partial charge in [0.25, 0.3) is 0 Å². The molecule has 1 saturated heterocycles. The fraction of sp³-hybridized carbons (Fsp3) is 0.333. The highest BCUT2D eigenvalue weighted by molar-refractivity contribution is 7.89. The first-order valence-electron chi connectivity index (χ1n) is 7.82. The predicted octanol–water partition coefficient (Wildman–Crippen LogP) is 3.84. The molecule has 1 heterocycles. The number of ether oxygens (including phenoxy) is 1. The van der Waals surface area contributed by atoms with Gasteiger partial charge >= 0.3 is 0 Å². The number of aryl methyl sites for hydroxylation is 1. The summed E-state index contributed by atoms with van der Waals surface area (Å²) in [6, 6.07) is 12.8. The minimum absolute atomic E-state index is 0.135. The van der Waals surface area contributed by atoms with E-state index >= 15 is 0 Å². The molecule has 1 aliphatic rings. The van der Waals surface area contributed by atoms with Crippen molar-refractivity contribution in [1.29, 1.82) is 0 Å². The standard InChI is InChI=1S/C18H20ClNO3S/c1-13-7-8-15(19)11-18(13)24(21,22)20-10-9-14(12-20)16-5-3-4-6-17(16)23-2/h3-8,11,14H,9-10,12H2,1-2H3/t14-/m1/s1. The molecule has 0 unspecified atom stereocenters. The van der Waals surface area contributed by atoms with Crippen LogP contribution in [0.2, 0.25) is 5.02 Å². The molecule has 0 spiro atoms. The molecule has 0 aliphatic carbocycles. The number of hydrogen-bond donors (Lipinski definition) is 0. The first kappa shape index (κ1) is 17.3. The molecule has 0 radical (unpaired) electrons. The highest BCUT2D eigenvalue weighted by Gasteiger charge is 2.35. The Morgan fingerprint density at radius 2 is 1.96 bits per heavy atom. The van der Waals surface area contributed by atoms with E-state index in [2.05, 4.69) is 0 Å². The van der Waals surface area contributed by atoms with Gasteiger partial charge in [-0.3, -0.25) is 0 Å². The van der Waals surface area contributed by atoms with Crippen LogP contribution >= 0.6 is 11.6 Å². The van der Waals surface area contributed by atoms with Crippen molar-refractivity contribution in [2.24, 2.45) is 0 Å². The number of sulfonamides is 1. The van der Waals surface area contributed by atoms with Crippen molar-refractivity contribution < 1.29 is 13.2 Å². The molecule has 1 aliphatic heterocycles. The minimum atomic E-state index is -3.54. The van der Waals surface area contributed by atoms with Crippen LogP contribution in [0.25, 0.3) is 0 Å². The second-order valence-corrected chi connectivity index (χ2v) is 8.34. The van der Waals surface area contributed by atoms with Crippen LogP contribution < -0.4 is 4.74 Å². The first-order chi connectivity index (χ1) is 11.4. The van der Waals surface area contributed by atoms with E-state index in [0.29, 0.717) is 23.7 Å². The monoisotopic (exact) mass is 365 g/mol. The Bertz CT molecular complexity index is 851. The summed E-state index contributed by atoms with van der Waals surface area (Å²) in [5.41, 5.74) is 1.76. The van der Waals surface area contributed by atoms with Crippen LogP contribution in [0.15, 0.2) is 47.4 Å². The van der Waals surface area contributed by atoms with E-state index in [1.54, 1.807) is 30.5 Å². The Kier molecular flexibility index (Phi) is 4.85. The van der Waals surface area contributed by atoms with Crippen molar-refractivity contribution in [3.63, 3.8) is 0 Å². The van der Waals surface area contributed by atoms with Crippen LogP contribution in [0.1, 0.15) is 23.5 Å². The Labute approximate surface area is 148 Å². The normalized spacial score (nSPS) is 18.7. The lowest BCUT2D eigenvalue weighted by molar-refractivity contribution is 0.405. The molecule has 0 bridgehead atoms. The van der Waals surface area contributed by atoms with Crippen molar-refractivity contribution >= 4 is 21.6 Å². The highest BCUT2D eigenvalue weighted by Crippen LogP contribution is 2.36. The van der Waals surface area contributed by atoms with Crippen LogP contribution in [0.3, 0.4) is 0 Å². The Hall–Kier alpha value is -1.56. The van der Waals surface area contributed by atoms with Gasteiger partial charge in [-0.25, -0.2) is 8.42 Å². The van der Waals surface area contributed by atoms with Crippen molar-refractivity contribution in [3.8, 4) is 5.75 Å². The molecule has 0 saturated carbocycles. The van der Waals surface area contributed by atoms with Crippen LogP contribution in [-0.4, -0.2) is 32.9 Å². The molecular formula is C18H20ClNO3S. The molecule has 1 atom stereocenters. The van der Waals surface area contributed by atoms with Gasteiger partial charge in [0.15, 0.2) is 0 Å². The average molecular weight is 366 g/mol. The second kappa shape index (κ2) is 6.75. The molecule has 2 aromatic rings. The van der Waals surface area contributed by atoms with Crippen LogP contribution in [0, 0.1) is 6.92 Å². The van der Waals surface area contributed by atoms with Gasteiger partial charge in [0.2, 0.25) is 10.0 Å². The first-order valence-corrected chi connectivity index (χ1v) is 9.64. The summed E-state index contributed by atoms with van der Waals surface area (Å²) >= 11 is 5.99. The van der Waals surface area contributed by atoms with Crippen molar-refractivity contribution in [3.05, 3.63) is 58.6 Å². The van der Waals surface area contributed by atoms with Gasteiger partial charge in [-0.15, -0.1) is 0 Å². The third-order valence-corrected chi connectivity index (χ3v) is 6.74. The number of halogens is 1. The van der Waals surface area contributed by atoms with Crippen LogP contribution in [0.4, 0.5) is 0 Å². The van der Waals surface area contributed by atoms with E-state index < -0.39 is 10.0 Å². The summed E-state index contributed by atoms with van der Waals surface area (Å²) in [7, 11) is -1.91. The quantitative estimate of drug-likeness (QED) is 0.827. The SMILES string of the molecule is COc1ccccc1[C@@H]1CCN(S(=O)(=O)c2cc(Cl)ccc2C)C1. The number of para-hydroxylation sites is 1. The molecule has 6 heteroatoms. The van der Waals surface area contributed by atoms with Crippen LogP contribution in [-0.2, 0) is 10.0 Å². The van der Waals surface area contributed by atoms with E-state index in [4.69, 9.17) is 16.3 Å². The third kappa shape index (κ3) is 3.16. The number of rotatable bonds is 4. The summed E-state index contributed by atoms with van der Waals surface area (Å²) in [6.07, 6.45) is 0.777. The third-order valence-electron chi connectivity index (χ3n) is 4.50. The maximum absolute atomic E-state index is 13.0. The van der Waals surface area contributed by atoms with Gasteiger partial charge in [0, 0.05) is 24.0 Å². The van der Waals surface area contributed by atoms with Gasteiger partial charge in [-0.05, 0) is 42.7 Å². The number of methoxy groups -OCH3 is 1. The summed E-state index contributed by atoms with van der Waals surface area (Å²) < 4.78 is 32.9. The lowest BCUT2D eigenvalue weighted by Crippen LogP contribution is -2.29. The van der Waals surface area contributed by atoms with Crippen molar-refractivity contribution in [2.75, 3.05) is 20.2 Å². The molecule has 1 fully saturated rings. The summed E-state index contributed by atoms with van der Waals surface area (Å²) in [6.45, 7) is 2.74. The average Bonchev–Trinajstić information content (AvgIpc) is 3.07. The van der Waals surface area contributed by atoms with Crippen molar-refractivity contribution in [1.82, 2.24) is 4.31 Å². The zero-order valence-corrected chi connectivity index (χ0v) is 15.3. The number of nitrogens with zero attached hydrogens (tertiary/aromatic N) is 1. The maximum Gasteiger partial charge on any atom is 0.243 e. The zero-order chi connectivity index (χ0) is 17.3. The second-order valence-electron chi connectivity index (χ2n) is 6.00. The molecule has 0 aromatic heterocycles. The van der Waals surface area contributed by atoms with Gasteiger partial charge in [-0.1, -0.05) is 35.9 Å². The Morgan fingerprint density at radius 1 is 1.21 bits per heavy atom. The van der Waals surface area contributed by atoms with Gasteiger partial charge in [0.1, 0.15) is 5.75 Å². The van der Waals surface area contributed by atoms with E-state index in [1.165, 1.54) is 6.07 Å². The molecule has 2 aromatic carbocycles. The topological polar surface area (TPSA) is 46.6 Å². The Morgan fingerprint density at radius 3 is 2.71 bits per heavy atom. The molecule has 128 valence electrons. The smallest absolute Gasteiger partial charge is 0.243 e. The maximum atomic E-state index is 13.0. The lowest BCUT2D eigenvalue weighted by atomic mass is 9.97. The molecule has 0 N–H and O–H groups in total. The summed E-state index contributed by atoms with van der Waals surface area (Å²) in [5.74, 6) is 0.941. The van der Waals surface area contributed by atoms with Crippen LogP contribution in [0.5, 0.6) is 5.75 Å². The fourth-order valence-electron chi connectivity index (χ4n) is 3.19. The summed E-state index contributed by atoms with van der Waals surface area (Å²) in [5, 5.41) is 0.430. The van der Waals surface area contributed by atoms with E-state index in [-0.39, 0.29) is 10.8 Å². The molecule has 24 heavy (non-hydrogen) atoms. The summed E-state index contributed by atoms with van der Waals surface area (Å²) in [4.78, 5) is 0.288. The highest BCUT2D eigenvalue weighted by atomic mass is 35.5. The molecule has 4 nitrogen and oxygen atoms in total.